The van der Waals surface area contributed by atoms with Crippen molar-refractivity contribution in [3.05, 3.63) is 27.7 Å². The predicted octanol–water partition coefficient (Wildman–Crippen LogP) is 2.26. The number of likely N-dealkylation sites (tertiary alicyclic amines) is 2. The van der Waals surface area contributed by atoms with Gasteiger partial charge in [-0.15, -0.1) is 0 Å². The van der Waals surface area contributed by atoms with E-state index in [2.05, 4.69) is 10.2 Å². The SMILES string of the molecule is CC(=O)N1CC(N2CCC(C(=O)NCc3cc(Cl)c(Cl)cc3O)CC2)C1. The van der Waals surface area contributed by atoms with Crippen molar-refractivity contribution < 1.29 is 14.7 Å². The van der Waals surface area contributed by atoms with Crippen molar-refractivity contribution >= 4 is 35.0 Å². The highest BCUT2D eigenvalue weighted by Gasteiger charge is 2.36. The van der Waals surface area contributed by atoms with Crippen LogP contribution in [0.4, 0.5) is 0 Å². The molecule has 2 amide bonds. The molecule has 8 heteroatoms. The van der Waals surface area contributed by atoms with Gasteiger partial charge in [0.15, 0.2) is 0 Å². The topological polar surface area (TPSA) is 72.9 Å². The number of hydrogen-bond acceptors (Lipinski definition) is 4. The van der Waals surface area contributed by atoms with Crippen molar-refractivity contribution in [1.82, 2.24) is 15.1 Å². The maximum absolute atomic E-state index is 12.4. The Hall–Kier alpha value is -1.50. The Labute approximate surface area is 163 Å². The summed E-state index contributed by atoms with van der Waals surface area (Å²) in [6.07, 6.45) is 1.60. The average molecular weight is 400 g/mol. The number of halogens is 2. The molecule has 0 aromatic heterocycles. The van der Waals surface area contributed by atoms with Gasteiger partial charge in [0.2, 0.25) is 11.8 Å². The highest BCUT2D eigenvalue weighted by molar-refractivity contribution is 6.42. The van der Waals surface area contributed by atoms with Crippen LogP contribution in [-0.2, 0) is 16.1 Å². The molecule has 6 nitrogen and oxygen atoms in total. The summed E-state index contributed by atoms with van der Waals surface area (Å²) in [6.45, 7) is 5.14. The summed E-state index contributed by atoms with van der Waals surface area (Å²) in [5.41, 5.74) is 0.545. The molecule has 0 radical (unpaired) electrons. The minimum Gasteiger partial charge on any atom is -0.508 e. The highest BCUT2D eigenvalue weighted by atomic mass is 35.5. The first kappa shape index (κ1) is 19.3. The summed E-state index contributed by atoms with van der Waals surface area (Å²) in [6, 6.07) is 3.38. The van der Waals surface area contributed by atoms with E-state index in [9.17, 15) is 14.7 Å². The van der Waals surface area contributed by atoms with Crippen molar-refractivity contribution in [3.8, 4) is 5.75 Å². The molecule has 0 bridgehead atoms. The summed E-state index contributed by atoms with van der Waals surface area (Å²) in [5, 5.41) is 13.4. The van der Waals surface area contributed by atoms with Gasteiger partial charge in [0, 0.05) is 50.1 Å². The average Bonchev–Trinajstić information content (AvgIpc) is 2.55. The van der Waals surface area contributed by atoms with Crippen molar-refractivity contribution in [2.45, 2.75) is 32.4 Å². The van der Waals surface area contributed by atoms with Crippen LogP contribution in [0.1, 0.15) is 25.3 Å². The molecule has 2 heterocycles. The van der Waals surface area contributed by atoms with Crippen LogP contribution in [0.25, 0.3) is 0 Å². The van der Waals surface area contributed by atoms with Crippen molar-refractivity contribution in [2.75, 3.05) is 26.2 Å². The molecule has 1 aromatic carbocycles. The number of carbonyl (C=O) groups excluding carboxylic acids is 2. The second-order valence-electron chi connectivity index (χ2n) is 7.00. The molecule has 2 saturated heterocycles. The fourth-order valence-electron chi connectivity index (χ4n) is 3.52. The maximum Gasteiger partial charge on any atom is 0.223 e. The number of hydrogen-bond donors (Lipinski definition) is 2. The Balaban J connectivity index is 1.44. The minimum absolute atomic E-state index is 0.00547. The lowest BCUT2D eigenvalue weighted by Gasteiger charge is -2.47. The third-order valence-corrected chi connectivity index (χ3v) is 6.02. The monoisotopic (exact) mass is 399 g/mol. The van der Waals surface area contributed by atoms with Gasteiger partial charge < -0.3 is 15.3 Å². The number of rotatable bonds is 4. The second kappa shape index (κ2) is 8.03. The molecule has 0 atom stereocenters. The molecule has 2 aliphatic rings. The first-order valence-corrected chi connectivity index (χ1v) is 9.55. The summed E-state index contributed by atoms with van der Waals surface area (Å²) in [5.74, 6) is 0.116. The van der Waals surface area contributed by atoms with E-state index in [4.69, 9.17) is 23.2 Å². The Morgan fingerprint density at radius 1 is 1.19 bits per heavy atom. The van der Waals surface area contributed by atoms with Crippen LogP contribution < -0.4 is 5.32 Å². The van der Waals surface area contributed by atoms with E-state index in [1.54, 1.807) is 13.0 Å². The molecule has 2 N–H and O–H groups in total. The third-order valence-electron chi connectivity index (χ3n) is 5.30. The maximum atomic E-state index is 12.4. The van der Waals surface area contributed by atoms with E-state index in [0.717, 1.165) is 39.0 Å². The van der Waals surface area contributed by atoms with E-state index in [1.165, 1.54) is 6.07 Å². The smallest absolute Gasteiger partial charge is 0.223 e. The van der Waals surface area contributed by atoms with Crippen molar-refractivity contribution in [1.29, 1.82) is 0 Å². The van der Waals surface area contributed by atoms with Gasteiger partial charge in [-0.3, -0.25) is 14.5 Å². The van der Waals surface area contributed by atoms with Crippen LogP contribution >= 0.6 is 23.2 Å². The van der Waals surface area contributed by atoms with Gasteiger partial charge >= 0.3 is 0 Å². The lowest BCUT2D eigenvalue weighted by Crippen LogP contribution is -2.62. The first-order valence-electron chi connectivity index (χ1n) is 8.79. The Bertz CT molecular complexity index is 699. The molecule has 0 saturated carbocycles. The van der Waals surface area contributed by atoms with E-state index >= 15 is 0 Å². The molecule has 0 unspecified atom stereocenters. The molecule has 0 spiro atoms. The van der Waals surface area contributed by atoms with Gasteiger partial charge in [-0.05, 0) is 32.0 Å². The first-order chi connectivity index (χ1) is 12.3. The van der Waals surface area contributed by atoms with Gasteiger partial charge in [-0.1, -0.05) is 23.2 Å². The molecule has 0 aliphatic carbocycles. The number of phenols is 1. The fourth-order valence-corrected chi connectivity index (χ4v) is 3.86. The van der Waals surface area contributed by atoms with Gasteiger partial charge in [-0.25, -0.2) is 0 Å². The summed E-state index contributed by atoms with van der Waals surface area (Å²) in [7, 11) is 0. The van der Waals surface area contributed by atoms with Crippen molar-refractivity contribution in [3.63, 3.8) is 0 Å². The molecule has 142 valence electrons. The van der Waals surface area contributed by atoms with Crippen molar-refractivity contribution in [2.24, 2.45) is 5.92 Å². The number of nitrogens with zero attached hydrogens (tertiary/aromatic N) is 2. The van der Waals surface area contributed by atoms with Gasteiger partial charge in [0.05, 0.1) is 10.0 Å². The standard InChI is InChI=1S/C18H23Cl2N3O3/c1-11(24)23-9-14(10-23)22-4-2-12(3-5-22)18(26)21-8-13-6-15(19)16(20)7-17(13)25/h6-7,12,14,25H,2-5,8-10H2,1H3,(H,21,26). The zero-order valence-corrected chi connectivity index (χ0v) is 16.2. The zero-order valence-electron chi connectivity index (χ0n) is 14.7. The lowest BCUT2D eigenvalue weighted by atomic mass is 9.93. The van der Waals surface area contributed by atoms with E-state index in [1.807, 2.05) is 4.90 Å². The fraction of sp³-hybridized carbons (Fsp3) is 0.556. The number of phenolic OH excluding ortho intramolecular Hbond substituents is 1. The quantitative estimate of drug-likeness (QED) is 0.814. The summed E-state index contributed by atoms with van der Waals surface area (Å²) >= 11 is 11.8. The van der Waals surface area contributed by atoms with Crippen LogP contribution in [0.5, 0.6) is 5.75 Å². The predicted molar refractivity (Wildman–Crippen MR) is 100 cm³/mol. The Kier molecular flexibility index (Phi) is 5.95. The van der Waals surface area contributed by atoms with Crippen LogP contribution in [0.2, 0.25) is 10.0 Å². The normalized spacial score (nSPS) is 19.3. The number of amides is 2. The van der Waals surface area contributed by atoms with Gasteiger partial charge in [-0.2, -0.15) is 0 Å². The van der Waals surface area contributed by atoms with Crippen LogP contribution in [0.15, 0.2) is 12.1 Å². The lowest BCUT2D eigenvalue weighted by molar-refractivity contribution is -0.137. The van der Waals surface area contributed by atoms with E-state index in [0.29, 0.717) is 16.6 Å². The number of aromatic hydroxyl groups is 1. The second-order valence-corrected chi connectivity index (χ2v) is 7.82. The van der Waals surface area contributed by atoms with Gasteiger partial charge in [0.1, 0.15) is 5.75 Å². The summed E-state index contributed by atoms with van der Waals surface area (Å²) < 4.78 is 0. The number of piperidine rings is 1. The number of benzene rings is 1. The molecule has 2 fully saturated rings. The molecular formula is C18H23Cl2N3O3. The molecular weight excluding hydrogens is 377 g/mol. The van der Waals surface area contributed by atoms with E-state index < -0.39 is 0 Å². The number of carbonyl (C=O) groups is 2. The van der Waals surface area contributed by atoms with E-state index in [-0.39, 0.29) is 35.0 Å². The highest BCUT2D eigenvalue weighted by Crippen LogP contribution is 2.30. The molecule has 2 aliphatic heterocycles. The largest absolute Gasteiger partial charge is 0.508 e. The zero-order chi connectivity index (χ0) is 18.8. The molecule has 1 aromatic rings. The Morgan fingerprint density at radius 2 is 1.81 bits per heavy atom. The number of nitrogens with one attached hydrogen (secondary N) is 1. The minimum atomic E-state index is -0.0276. The Morgan fingerprint density at radius 3 is 2.42 bits per heavy atom. The third kappa shape index (κ3) is 4.24. The summed E-state index contributed by atoms with van der Waals surface area (Å²) in [4.78, 5) is 27.9. The molecule has 3 rings (SSSR count). The van der Waals surface area contributed by atoms with Crippen LogP contribution in [0, 0.1) is 5.92 Å². The van der Waals surface area contributed by atoms with Crippen LogP contribution in [0.3, 0.4) is 0 Å². The van der Waals surface area contributed by atoms with Gasteiger partial charge in [0.25, 0.3) is 0 Å². The molecule has 26 heavy (non-hydrogen) atoms. The van der Waals surface area contributed by atoms with Crippen LogP contribution in [-0.4, -0.2) is 58.9 Å².